The van der Waals surface area contributed by atoms with Crippen LogP contribution in [0.25, 0.3) is 27.8 Å². The van der Waals surface area contributed by atoms with Gasteiger partial charge in [0.1, 0.15) is 0 Å². The predicted octanol–water partition coefficient (Wildman–Crippen LogP) is 9.57. The lowest BCUT2D eigenvalue weighted by Gasteiger charge is -2.36. The van der Waals surface area contributed by atoms with Crippen LogP contribution in [0.3, 0.4) is 0 Å². The van der Waals surface area contributed by atoms with Gasteiger partial charge in [0.25, 0.3) is 0 Å². The van der Waals surface area contributed by atoms with E-state index in [1.54, 1.807) is 0 Å². The van der Waals surface area contributed by atoms with Crippen molar-refractivity contribution in [1.29, 1.82) is 0 Å². The summed E-state index contributed by atoms with van der Waals surface area (Å²) in [6.45, 7) is 0. The second-order valence-corrected chi connectivity index (χ2v) is 9.36. The third-order valence-electron chi connectivity index (χ3n) is 7.05. The van der Waals surface area contributed by atoms with Gasteiger partial charge in [-0.3, -0.25) is 0 Å². The first-order valence-electron chi connectivity index (χ1n) is 12.9. The highest BCUT2D eigenvalue weighted by Crippen LogP contribution is 2.38. The van der Waals surface area contributed by atoms with Gasteiger partial charge in [-0.25, -0.2) is 0 Å². The Labute approximate surface area is 219 Å². The summed E-state index contributed by atoms with van der Waals surface area (Å²) < 4.78 is 0. The Morgan fingerprint density at radius 1 is 0.432 bits per heavy atom. The molecule has 5 aromatic rings. The van der Waals surface area contributed by atoms with Crippen molar-refractivity contribution in [3.8, 4) is 22.3 Å². The van der Waals surface area contributed by atoms with Crippen LogP contribution >= 0.6 is 0 Å². The molecule has 0 saturated heterocycles. The van der Waals surface area contributed by atoms with Gasteiger partial charge in [-0.1, -0.05) is 133 Å². The number of hydrogen-bond acceptors (Lipinski definition) is 1. The molecule has 1 atom stereocenters. The number of rotatable bonds is 6. The Balaban J connectivity index is 1.34. The average molecular weight is 476 g/mol. The van der Waals surface area contributed by atoms with Gasteiger partial charge in [0, 0.05) is 11.4 Å². The van der Waals surface area contributed by atoms with E-state index >= 15 is 0 Å². The molecule has 0 fully saturated rings. The van der Waals surface area contributed by atoms with E-state index < -0.39 is 0 Å². The number of allylic oxidation sites excluding steroid dienone is 2. The summed E-state index contributed by atoms with van der Waals surface area (Å²) in [6.07, 6.45) is 7.68. The van der Waals surface area contributed by atoms with Crippen LogP contribution < -0.4 is 4.90 Å². The number of benzene rings is 5. The Bertz CT molecular complexity index is 1500. The summed E-state index contributed by atoms with van der Waals surface area (Å²) in [5.74, 6) is 0. The minimum Gasteiger partial charge on any atom is -0.334 e. The molecule has 6 rings (SSSR count). The topological polar surface area (TPSA) is 3.24 Å². The van der Waals surface area contributed by atoms with E-state index in [0.717, 1.165) is 6.42 Å². The first-order chi connectivity index (χ1) is 18.4. The Kier molecular flexibility index (Phi) is 6.51. The molecule has 5 aromatic carbocycles. The lowest BCUT2D eigenvalue weighted by molar-refractivity contribution is 0.802. The van der Waals surface area contributed by atoms with Crippen LogP contribution in [0.15, 0.2) is 158 Å². The molecule has 0 amide bonds. The van der Waals surface area contributed by atoms with Crippen LogP contribution in [-0.4, -0.2) is 6.04 Å². The fourth-order valence-electron chi connectivity index (χ4n) is 5.18. The zero-order chi connectivity index (χ0) is 24.9. The number of hydrogen-bond donors (Lipinski definition) is 0. The fourth-order valence-corrected chi connectivity index (χ4v) is 5.18. The van der Waals surface area contributed by atoms with Gasteiger partial charge in [-0.2, -0.15) is 0 Å². The minimum atomic E-state index is 0.214. The lowest BCUT2D eigenvalue weighted by Crippen LogP contribution is -2.32. The monoisotopic (exact) mass is 475 g/mol. The molecule has 1 unspecified atom stereocenters. The van der Waals surface area contributed by atoms with E-state index in [1.807, 2.05) is 0 Å². The highest BCUT2D eigenvalue weighted by atomic mass is 15.2. The average Bonchev–Trinajstić information content (AvgIpc) is 3.00. The van der Waals surface area contributed by atoms with E-state index in [1.165, 1.54) is 44.8 Å². The van der Waals surface area contributed by atoms with E-state index in [-0.39, 0.29) is 6.04 Å². The number of nitrogens with zero attached hydrogens (tertiary/aromatic N) is 1. The van der Waals surface area contributed by atoms with Gasteiger partial charge < -0.3 is 4.90 Å². The maximum absolute atomic E-state index is 2.48. The van der Waals surface area contributed by atoms with Gasteiger partial charge in [-0.05, 0) is 64.1 Å². The lowest BCUT2D eigenvalue weighted by atomic mass is 9.90. The molecule has 0 aliphatic heterocycles. The van der Waals surface area contributed by atoms with Gasteiger partial charge in [0.2, 0.25) is 0 Å². The summed E-state index contributed by atoms with van der Waals surface area (Å²) >= 11 is 0. The van der Waals surface area contributed by atoms with E-state index in [2.05, 4.69) is 163 Å². The molecule has 37 heavy (non-hydrogen) atoms. The second kappa shape index (κ2) is 10.6. The van der Waals surface area contributed by atoms with Crippen molar-refractivity contribution in [3.63, 3.8) is 0 Å². The fraction of sp³-hybridized carbons (Fsp3) is 0.0556. The zero-order valence-electron chi connectivity index (χ0n) is 20.7. The molecular formula is C36H29N. The van der Waals surface area contributed by atoms with Gasteiger partial charge in [0.05, 0.1) is 6.04 Å². The standard InChI is InChI=1S/C36H29N/c1-4-12-28(13-5-1)29-20-22-30(23-21-29)31-24-26-34(27-25-31)37(33-16-8-3-9-17-33)36-19-11-10-18-35(36)32-14-6-2-7-15-32/h1-18,20-27,36H,19H2. The maximum Gasteiger partial charge on any atom is 0.0631 e. The maximum atomic E-state index is 2.48. The molecule has 0 saturated carbocycles. The third kappa shape index (κ3) is 4.90. The third-order valence-corrected chi connectivity index (χ3v) is 7.05. The molecule has 1 aliphatic carbocycles. The van der Waals surface area contributed by atoms with E-state index in [9.17, 15) is 0 Å². The molecule has 0 radical (unpaired) electrons. The molecule has 0 spiro atoms. The Morgan fingerprint density at radius 2 is 0.865 bits per heavy atom. The first kappa shape index (κ1) is 22.8. The van der Waals surface area contributed by atoms with Crippen molar-refractivity contribution < 1.29 is 0 Å². The molecule has 1 nitrogen and oxygen atoms in total. The highest BCUT2D eigenvalue weighted by Gasteiger charge is 2.25. The molecule has 0 heterocycles. The molecular weight excluding hydrogens is 446 g/mol. The van der Waals surface area contributed by atoms with Crippen molar-refractivity contribution in [2.45, 2.75) is 12.5 Å². The molecule has 0 aromatic heterocycles. The van der Waals surface area contributed by atoms with Crippen molar-refractivity contribution >= 4 is 16.9 Å². The van der Waals surface area contributed by atoms with E-state index in [0.29, 0.717) is 0 Å². The molecule has 1 aliphatic rings. The Hall–Kier alpha value is -4.62. The summed E-state index contributed by atoms with van der Waals surface area (Å²) in [4.78, 5) is 2.48. The largest absolute Gasteiger partial charge is 0.334 e. The first-order valence-corrected chi connectivity index (χ1v) is 12.9. The van der Waals surface area contributed by atoms with Crippen LogP contribution in [0.5, 0.6) is 0 Å². The second-order valence-electron chi connectivity index (χ2n) is 9.36. The minimum absolute atomic E-state index is 0.214. The summed E-state index contributed by atoms with van der Waals surface area (Å²) in [7, 11) is 0. The van der Waals surface area contributed by atoms with Crippen molar-refractivity contribution in [1.82, 2.24) is 0 Å². The molecule has 0 N–H and O–H groups in total. The van der Waals surface area contributed by atoms with Crippen LogP contribution in [0, 0.1) is 0 Å². The van der Waals surface area contributed by atoms with Crippen molar-refractivity contribution in [3.05, 3.63) is 163 Å². The molecule has 178 valence electrons. The molecule has 1 heteroatoms. The quantitative estimate of drug-likeness (QED) is 0.236. The summed E-state index contributed by atoms with van der Waals surface area (Å²) in [5.41, 5.74) is 9.93. The highest BCUT2D eigenvalue weighted by molar-refractivity contribution is 5.81. The predicted molar refractivity (Wildman–Crippen MR) is 158 cm³/mol. The van der Waals surface area contributed by atoms with Crippen molar-refractivity contribution in [2.75, 3.05) is 4.90 Å². The Morgan fingerprint density at radius 3 is 1.43 bits per heavy atom. The van der Waals surface area contributed by atoms with Crippen LogP contribution in [0.4, 0.5) is 11.4 Å². The van der Waals surface area contributed by atoms with Crippen LogP contribution in [0.1, 0.15) is 12.0 Å². The number of anilines is 2. The van der Waals surface area contributed by atoms with Gasteiger partial charge >= 0.3 is 0 Å². The zero-order valence-corrected chi connectivity index (χ0v) is 20.7. The normalized spacial score (nSPS) is 14.7. The smallest absolute Gasteiger partial charge is 0.0631 e. The SMILES string of the molecule is C1=CCC(N(c2ccccc2)c2ccc(-c3ccc(-c4ccccc4)cc3)cc2)C(c2ccccc2)=C1. The van der Waals surface area contributed by atoms with Gasteiger partial charge in [0.15, 0.2) is 0 Å². The summed E-state index contributed by atoms with van der Waals surface area (Å²) in [6, 6.07) is 50.1. The van der Waals surface area contributed by atoms with Gasteiger partial charge in [-0.15, -0.1) is 0 Å². The van der Waals surface area contributed by atoms with Crippen LogP contribution in [0.2, 0.25) is 0 Å². The number of para-hydroxylation sites is 1. The van der Waals surface area contributed by atoms with E-state index in [4.69, 9.17) is 0 Å². The van der Waals surface area contributed by atoms with Crippen LogP contribution in [-0.2, 0) is 0 Å². The van der Waals surface area contributed by atoms with Crippen molar-refractivity contribution in [2.24, 2.45) is 0 Å². The molecule has 0 bridgehead atoms. The summed E-state index contributed by atoms with van der Waals surface area (Å²) in [5, 5.41) is 0.